The minimum Gasteiger partial charge on any atom is -0.494 e. The molecule has 53 heavy (non-hydrogen) atoms. The van der Waals surface area contributed by atoms with Crippen molar-refractivity contribution in [2.24, 2.45) is 11.7 Å². The predicted octanol–water partition coefficient (Wildman–Crippen LogP) is 5.21. The van der Waals surface area contributed by atoms with Crippen molar-refractivity contribution in [1.29, 1.82) is 0 Å². The van der Waals surface area contributed by atoms with Gasteiger partial charge in [-0.25, -0.2) is 4.79 Å². The minimum absolute atomic E-state index is 0.00232. The lowest BCUT2D eigenvalue weighted by molar-refractivity contribution is -0.149. The number of para-hydroxylation sites is 1. The summed E-state index contributed by atoms with van der Waals surface area (Å²) >= 11 is 0. The van der Waals surface area contributed by atoms with Crippen LogP contribution in [0.2, 0.25) is 0 Å². The number of aromatic amines is 1. The number of amides is 2. The highest BCUT2D eigenvalue weighted by Crippen LogP contribution is 2.21. The summed E-state index contributed by atoms with van der Waals surface area (Å²) in [5, 5.41) is 17.2. The van der Waals surface area contributed by atoms with Gasteiger partial charge in [0.1, 0.15) is 42.9 Å². The van der Waals surface area contributed by atoms with Crippen molar-refractivity contribution < 1.29 is 33.7 Å². The minimum atomic E-state index is -1.60. The van der Waals surface area contributed by atoms with Crippen molar-refractivity contribution in [3.63, 3.8) is 0 Å². The van der Waals surface area contributed by atoms with Crippen LogP contribution >= 0.6 is 0 Å². The van der Waals surface area contributed by atoms with Gasteiger partial charge in [0.25, 0.3) is 5.91 Å². The van der Waals surface area contributed by atoms with Crippen molar-refractivity contribution in [2.45, 2.75) is 70.6 Å². The molecule has 0 saturated heterocycles. The molecular formula is C42H48N4O7. The van der Waals surface area contributed by atoms with Gasteiger partial charge in [0.15, 0.2) is 0 Å². The summed E-state index contributed by atoms with van der Waals surface area (Å²) < 4.78 is 17.2. The van der Waals surface area contributed by atoms with Crippen molar-refractivity contribution in [1.82, 2.24) is 15.6 Å². The normalized spacial score (nSPS) is 13.5. The topological polar surface area (TPSA) is 165 Å². The average molecular weight is 721 g/mol. The fraction of sp³-hybridized carbons (Fsp3) is 0.310. The van der Waals surface area contributed by atoms with Gasteiger partial charge >= 0.3 is 5.97 Å². The van der Waals surface area contributed by atoms with Crippen molar-refractivity contribution >= 4 is 28.7 Å². The molecule has 0 aliphatic rings. The summed E-state index contributed by atoms with van der Waals surface area (Å²) in [6.45, 7) is 4.44. The highest BCUT2D eigenvalue weighted by molar-refractivity contribution is 5.92. The Bertz CT molecular complexity index is 1900. The van der Waals surface area contributed by atoms with E-state index in [0.29, 0.717) is 18.1 Å². The molecule has 0 aliphatic heterocycles. The maximum absolute atomic E-state index is 13.8. The van der Waals surface area contributed by atoms with Gasteiger partial charge in [-0.15, -0.1) is 0 Å². The molecule has 11 heteroatoms. The predicted molar refractivity (Wildman–Crippen MR) is 203 cm³/mol. The van der Waals surface area contributed by atoms with Crippen LogP contribution in [-0.2, 0) is 38.8 Å². The molecule has 5 aromatic rings. The van der Waals surface area contributed by atoms with Gasteiger partial charge < -0.3 is 40.7 Å². The van der Waals surface area contributed by atoms with E-state index >= 15 is 0 Å². The third-order valence-electron chi connectivity index (χ3n) is 8.73. The first-order valence-electron chi connectivity index (χ1n) is 17.9. The van der Waals surface area contributed by atoms with E-state index in [-0.39, 0.29) is 38.4 Å². The first kappa shape index (κ1) is 38.6. The van der Waals surface area contributed by atoms with Gasteiger partial charge in [-0.2, -0.15) is 0 Å². The average Bonchev–Trinajstić information content (AvgIpc) is 3.58. The Labute approximate surface area is 309 Å². The molecule has 278 valence electrons. The summed E-state index contributed by atoms with van der Waals surface area (Å²) in [7, 11) is 0. The smallest absolute Gasteiger partial charge is 0.329 e. The van der Waals surface area contributed by atoms with Crippen LogP contribution in [0.1, 0.15) is 43.4 Å². The summed E-state index contributed by atoms with van der Waals surface area (Å²) in [5.41, 5.74) is 9.79. The van der Waals surface area contributed by atoms with Crippen molar-refractivity contribution in [3.8, 4) is 11.5 Å². The number of carbonyl (C=O) groups excluding carboxylic acids is 3. The Morgan fingerprint density at radius 1 is 0.736 bits per heavy atom. The Balaban J connectivity index is 1.16. The molecule has 0 unspecified atom stereocenters. The number of rotatable bonds is 19. The van der Waals surface area contributed by atoms with Gasteiger partial charge in [-0.1, -0.05) is 92.7 Å². The molecule has 1 aromatic heterocycles. The Morgan fingerprint density at radius 2 is 1.32 bits per heavy atom. The number of ether oxygens (including phenoxy) is 3. The van der Waals surface area contributed by atoms with Gasteiger partial charge in [0.05, 0.1) is 6.61 Å². The molecule has 6 N–H and O–H groups in total. The van der Waals surface area contributed by atoms with Crippen LogP contribution in [0.5, 0.6) is 11.5 Å². The van der Waals surface area contributed by atoms with Gasteiger partial charge in [0, 0.05) is 29.6 Å². The monoisotopic (exact) mass is 720 g/mol. The van der Waals surface area contributed by atoms with Crippen molar-refractivity contribution in [2.75, 3.05) is 6.61 Å². The summed E-state index contributed by atoms with van der Waals surface area (Å²) in [4.78, 5) is 43.7. The fourth-order valence-corrected chi connectivity index (χ4v) is 5.81. The molecule has 0 fully saturated rings. The highest BCUT2D eigenvalue weighted by Gasteiger charge is 2.32. The summed E-state index contributed by atoms with van der Waals surface area (Å²) in [6, 6.07) is 30.9. The number of nitrogens with one attached hydrogen (secondary N) is 3. The van der Waals surface area contributed by atoms with Gasteiger partial charge in [-0.3, -0.25) is 9.59 Å². The fourth-order valence-electron chi connectivity index (χ4n) is 5.81. The lowest BCUT2D eigenvalue weighted by Gasteiger charge is -2.26. The van der Waals surface area contributed by atoms with E-state index in [4.69, 9.17) is 19.9 Å². The number of hydrogen-bond donors (Lipinski definition) is 5. The third-order valence-corrected chi connectivity index (χ3v) is 8.73. The second kappa shape index (κ2) is 19.3. The SMILES string of the molecule is CC(C)C[C@H](NC(=O)[C@@H](O)[C@H](N)CCOc1ccc(OCc2ccccc2)cc1)C(=O)N[C@@H](Cc1c[nH]c2ccccc12)C(=O)OCc1ccccc1. The molecular weight excluding hydrogens is 672 g/mol. The van der Waals surface area contributed by atoms with Crippen LogP contribution in [0.3, 0.4) is 0 Å². The standard InChI is InChI=1S/C42H48N4O7/c1-28(2)23-37(45-41(49)39(47)35(43)21-22-51-32-17-19-33(20-18-32)52-26-29-11-5-3-6-12-29)40(48)46-38(42(50)53-27-30-13-7-4-8-14-30)24-31-25-44-36-16-10-9-15-34(31)36/h3-20,25,28,35,37-39,44,47H,21-24,26-27,43H2,1-2H3,(H,45,49)(H,46,48)/t35-,37+,38+,39+/m1/s1. The second-order valence-electron chi connectivity index (χ2n) is 13.4. The first-order chi connectivity index (χ1) is 25.7. The number of esters is 1. The molecule has 0 saturated carbocycles. The largest absolute Gasteiger partial charge is 0.494 e. The van der Waals surface area contributed by atoms with E-state index in [1.54, 1.807) is 30.5 Å². The van der Waals surface area contributed by atoms with Crippen molar-refractivity contribution in [3.05, 3.63) is 132 Å². The van der Waals surface area contributed by atoms with Gasteiger partial charge in [-0.05, 0) is 65.8 Å². The van der Waals surface area contributed by atoms with Gasteiger partial charge in [0.2, 0.25) is 5.91 Å². The molecule has 2 amide bonds. The van der Waals surface area contributed by atoms with Crippen LogP contribution in [0.4, 0.5) is 0 Å². The van der Waals surface area contributed by atoms with E-state index in [9.17, 15) is 19.5 Å². The maximum atomic E-state index is 13.8. The molecule has 5 rings (SSSR count). The molecule has 1 heterocycles. The number of H-pyrrole nitrogens is 1. The number of hydrogen-bond acceptors (Lipinski definition) is 8. The number of aliphatic hydroxyl groups is 1. The van der Waals surface area contributed by atoms with Crippen LogP contribution in [-0.4, -0.2) is 58.7 Å². The van der Waals surface area contributed by atoms with Crippen LogP contribution in [0.25, 0.3) is 10.9 Å². The van der Waals surface area contributed by atoms with Crippen LogP contribution < -0.4 is 25.8 Å². The van der Waals surface area contributed by atoms with E-state index in [2.05, 4.69) is 15.6 Å². The first-order valence-corrected chi connectivity index (χ1v) is 17.9. The lowest BCUT2D eigenvalue weighted by atomic mass is 10.00. The highest BCUT2D eigenvalue weighted by atomic mass is 16.5. The number of fused-ring (bicyclic) bond motifs is 1. The quantitative estimate of drug-likeness (QED) is 0.0727. The zero-order valence-electron chi connectivity index (χ0n) is 30.1. The molecule has 0 spiro atoms. The number of aliphatic hydroxyl groups excluding tert-OH is 1. The Morgan fingerprint density at radius 3 is 1.98 bits per heavy atom. The number of nitrogens with two attached hydrogens (primary N) is 1. The van der Waals surface area contributed by atoms with E-state index in [1.807, 2.05) is 98.8 Å². The maximum Gasteiger partial charge on any atom is 0.329 e. The van der Waals surface area contributed by atoms with E-state index in [1.165, 1.54) is 0 Å². The molecule has 0 aliphatic carbocycles. The van der Waals surface area contributed by atoms with E-state index in [0.717, 1.165) is 27.6 Å². The number of aromatic nitrogens is 1. The Hall–Kier alpha value is -5.65. The molecule has 4 aromatic carbocycles. The van der Waals surface area contributed by atoms with Crippen LogP contribution in [0.15, 0.2) is 115 Å². The number of carbonyl (C=O) groups is 3. The molecule has 4 atom stereocenters. The summed E-state index contributed by atoms with van der Waals surface area (Å²) in [5.74, 6) is -0.706. The lowest BCUT2D eigenvalue weighted by Crippen LogP contribution is -2.56. The molecule has 0 bridgehead atoms. The van der Waals surface area contributed by atoms with Crippen LogP contribution in [0, 0.1) is 5.92 Å². The zero-order valence-corrected chi connectivity index (χ0v) is 30.1. The summed E-state index contributed by atoms with van der Waals surface area (Å²) in [6.07, 6.45) is 0.782. The molecule has 0 radical (unpaired) electrons. The zero-order chi connectivity index (χ0) is 37.6. The number of benzene rings is 4. The van der Waals surface area contributed by atoms with E-state index < -0.39 is 42.0 Å². The third kappa shape index (κ3) is 11.7. The molecule has 11 nitrogen and oxygen atoms in total. The second-order valence-corrected chi connectivity index (χ2v) is 13.4. The Kier molecular flexibility index (Phi) is 14.0.